The highest BCUT2D eigenvalue weighted by Gasteiger charge is 2.29. The summed E-state index contributed by atoms with van der Waals surface area (Å²) in [6.07, 6.45) is 12.0. The molecule has 5 nitrogen and oxygen atoms in total. The molecule has 1 fully saturated rings. The van der Waals surface area contributed by atoms with E-state index in [1.54, 1.807) is 17.0 Å². The molecule has 0 radical (unpaired) electrons. The number of nitrogens with zero attached hydrogens (tertiary/aromatic N) is 3. The topological polar surface area (TPSA) is 45.6 Å². The van der Waals surface area contributed by atoms with Crippen LogP contribution in [0.5, 0.6) is 0 Å². The van der Waals surface area contributed by atoms with Gasteiger partial charge in [0.1, 0.15) is 12.4 Å². The number of aromatic nitrogens is 1. The number of halogens is 1. The van der Waals surface area contributed by atoms with Gasteiger partial charge in [0, 0.05) is 36.6 Å². The molecule has 1 heterocycles. The van der Waals surface area contributed by atoms with E-state index in [2.05, 4.69) is 43.5 Å². The van der Waals surface area contributed by atoms with Crippen LogP contribution in [0.3, 0.4) is 0 Å². The lowest BCUT2D eigenvalue weighted by Crippen LogP contribution is -2.48. The molecule has 0 spiro atoms. The Morgan fingerprint density at radius 1 is 0.929 bits per heavy atom. The molecule has 4 rings (SSSR count). The maximum atomic E-state index is 14.1. The minimum atomic E-state index is -0.246. The van der Waals surface area contributed by atoms with E-state index in [1.807, 2.05) is 29.3 Å². The molecule has 2 aromatic carbocycles. The predicted molar refractivity (Wildman–Crippen MR) is 168 cm³/mol. The standard InChI is InChI=1S/C36H48FN3O2/c1-4-5-7-11-29-15-19-31(20-16-29)36(42)39(24-28(2)3)27-35(41)40(33-12-8-6-9-13-33)26-34-14-10-23-38(34)25-30-17-21-32(37)22-18-30/h10,14-23,28,33H,4-9,11-13,24-27H2,1-3H3. The van der Waals surface area contributed by atoms with Crippen LogP contribution in [0.15, 0.2) is 66.9 Å². The first kappa shape index (κ1) is 31.5. The fraction of sp³-hybridized carbons (Fsp3) is 0.500. The van der Waals surface area contributed by atoms with E-state index in [0.717, 1.165) is 49.8 Å². The van der Waals surface area contributed by atoms with Crippen LogP contribution in [0.2, 0.25) is 0 Å². The number of rotatable bonds is 14. The summed E-state index contributed by atoms with van der Waals surface area (Å²) < 4.78 is 15.6. The van der Waals surface area contributed by atoms with Gasteiger partial charge in [0.2, 0.25) is 5.91 Å². The summed E-state index contributed by atoms with van der Waals surface area (Å²) in [5, 5.41) is 0. The van der Waals surface area contributed by atoms with Crippen molar-refractivity contribution in [3.8, 4) is 0 Å². The van der Waals surface area contributed by atoms with Crippen molar-refractivity contribution in [2.45, 2.75) is 97.7 Å². The molecule has 6 heteroatoms. The van der Waals surface area contributed by atoms with Gasteiger partial charge < -0.3 is 14.4 Å². The molecular weight excluding hydrogens is 525 g/mol. The number of amides is 2. The molecule has 0 aliphatic heterocycles. The van der Waals surface area contributed by atoms with Crippen molar-refractivity contribution in [2.75, 3.05) is 13.1 Å². The Bertz CT molecular complexity index is 1260. The average molecular weight is 574 g/mol. The van der Waals surface area contributed by atoms with Gasteiger partial charge in [0.25, 0.3) is 5.91 Å². The molecule has 0 saturated heterocycles. The summed E-state index contributed by atoms with van der Waals surface area (Å²) in [5.74, 6) is -0.0860. The number of benzene rings is 2. The maximum absolute atomic E-state index is 14.1. The molecule has 0 unspecified atom stereocenters. The number of carbonyl (C=O) groups is 2. The van der Waals surface area contributed by atoms with E-state index in [0.29, 0.717) is 25.2 Å². The largest absolute Gasteiger partial charge is 0.345 e. The van der Waals surface area contributed by atoms with Crippen molar-refractivity contribution in [1.82, 2.24) is 14.4 Å². The fourth-order valence-electron chi connectivity index (χ4n) is 6.01. The van der Waals surface area contributed by atoms with Gasteiger partial charge in [0.15, 0.2) is 0 Å². The van der Waals surface area contributed by atoms with E-state index in [-0.39, 0.29) is 36.1 Å². The highest BCUT2D eigenvalue weighted by atomic mass is 19.1. The van der Waals surface area contributed by atoms with Gasteiger partial charge in [-0.25, -0.2) is 4.39 Å². The first-order chi connectivity index (χ1) is 20.3. The van der Waals surface area contributed by atoms with E-state index >= 15 is 0 Å². The number of hydrogen-bond donors (Lipinski definition) is 0. The molecule has 1 aliphatic rings. The SMILES string of the molecule is CCCCCc1ccc(C(=O)N(CC(=O)N(Cc2cccn2Cc2ccc(F)cc2)C2CCCCC2)CC(C)C)cc1. The zero-order chi connectivity index (χ0) is 29.9. The Morgan fingerprint density at radius 3 is 2.29 bits per heavy atom. The molecule has 1 aliphatic carbocycles. The van der Waals surface area contributed by atoms with Gasteiger partial charge in [-0.2, -0.15) is 0 Å². The Balaban J connectivity index is 1.51. The Hall–Kier alpha value is -3.41. The number of hydrogen-bond acceptors (Lipinski definition) is 2. The molecule has 42 heavy (non-hydrogen) atoms. The summed E-state index contributed by atoms with van der Waals surface area (Å²) in [6, 6.07) is 18.8. The first-order valence-corrected chi connectivity index (χ1v) is 15.9. The molecule has 0 bridgehead atoms. The Labute approximate surface area is 251 Å². The number of carbonyl (C=O) groups excluding carboxylic acids is 2. The van der Waals surface area contributed by atoms with Gasteiger partial charge >= 0.3 is 0 Å². The van der Waals surface area contributed by atoms with Crippen LogP contribution in [0, 0.1) is 11.7 Å². The lowest BCUT2D eigenvalue weighted by Gasteiger charge is -2.36. The van der Waals surface area contributed by atoms with Crippen molar-refractivity contribution in [1.29, 1.82) is 0 Å². The zero-order valence-corrected chi connectivity index (χ0v) is 25.7. The average Bonchev–Trinajstić information content (AvgIpc) is 3.43. The number of aryl methyl sites for hydroxylation is 1. The molecule has 1 aromatic heterocycles. The van der Waals surface area contributed by atoms with Crippen LogP contribution in [0.4, 0.5) is 4.39 Å². The highest BCUT2D eigenvalue weighted by molar-refractivity contribution is 5.96. The monoisotopic (exact) mass is 573 g/mol. The third-order valence-corrected chi connectivity index (χ3v) is 8.33. The van der Waals surface area contributed by atoms with Gasteiger partial charge in [0.05, 0.1) is 6.54 Å². The lowest BCUT2D eigenvalue weighted by molar-refractivity contribution is -0.135. The third kappa shape index (κ3) is 9.04. The van der Waals surface area contributed by atoms with Crippen molar-refractivity contribution in [3.05, 3.63) is 95.1 Å². The molecular formula is C36H48FN3O2. The summed E-state index contributed by atoms with van der Waals surface area (Å²) in [6.45, 7) is 8.08. The molecule has 226 valence electrons. The van der Waals surface area contributed by atoms with Crippen LogP contribution < -0.4 is 0 Å². The molecule has 1 saturated carbocycles. The summed E-state index contributed by atoms with van der Waals surface area (Å²) >= 11 is 0. The maximum Gasteiger partial charge on any atom is 0.254 e. The van der Waals surface area contributed by atoms with E-state index in [1.165, 1.54) is 37.0 Å². The predicted octanol–water partition coefficient (Wildman–Crippen LogP) is 7.87. The minimum Gasteiger partial charge on any atom is -0.345 e. The van der Waals surface area contributed by atoms with E-state index in [9.17, 15) is 14.0 Å². The lowest BCUT2D eigenvalue weighted by atomic mass is 9.94. The van der Waals surface area contributed by atoms with Crippen molar-refractivity contribution in [3.63, 3.8) is 0 Å². The first-order valence-electron chi connectivity index (χ1n) is 15.9. The number of unbranched alkanes of at least 4 members (excludes halogenated alkanes) is 2. The second kappa shape index (κ2) is 15.7. The van der Waals surface area contributed by atoms with Crippen LogP contribution in [-0.2, 0) is 24.3 Å². The summed E-state index contributed by atoms with van der Waals surface area (Å²) in [4.78, 5) is 31.6. The van der Waals surface area contributed by atoms with E-state index in [4.69, 9.17) is 0 Å². The van der Waals surface area contributed by atoms with Gasteiger partial charge in [-0.3, -0.25) is 9.59 Å². The molecule has 3 aromatic rings. The second-order valence-corrected chi connectivity index (χ2v) is 12.3. The van der Waals surface area contributed by atoms with Crippen molar-refractivity contribution in [2.24, 2.45) is 5.92 Å². The van der Waals surface area contributed by atoms with Crippen LogP contribution >= 0.6 is 0 Å². The smallest absolute Gasteiger partial charge is 0.254 e. The van der Waals surface area contributed by atoms with Gasteiger partial charge in [-0.05, 0) is 79.1 Å². The third-order valence-electron chi connectivity index (χ3n) is 8.33. The van der Waals surface area contributed by atoms with Crippen molar-refractivity contribution < 1.29 is 14.0 Å². The summed E-state index contributed by atoms with van der Waals surface area (Å²) in [7, 11) is 0. The normalized spacial score (nSPS) is 13.8. The van der Waals surface area contributed by atoms with Crippen LogP contribution in [0.25, 0.3) is 0 Å². The van der Waals surface area contributed by atoms with Gasteiger partial charge in [-0.1, -0.05) is 77.1 Å². The molecule has 0 atom stereocenters. The van der Waals surface area contributed by atoms with Gasteiger partial charge in [-0.15, -0.1) is 0 Å². The van der Waals surface area contributed by atoms with E-state index < -0.39 is 0 Å². The summed E-state index contributed by atoms with van der Waals surface area (Å²) in [5.41, 5.74) is 3.94. The Morgan fingerprint density at radius 2 is 1.62 bits per heavy atom. The molecule has 2 amide bonds. The quantitative estimate of drug-likeness (QED) is 0.184. The van der Waals surface area contributed by atoms with Crippen LogP contribution in [0.1, 0.15) is 99.3 Å². The highest BCUT2D eigenvalue weighted by Crippen LogP contribution is 2.25. The zero-order valence-electron chi connectivity index (χ0n) is 25.7. The molecule has 0 N–H and O–H groups in total. The van der Waals surface area contributed by atoms with Crippen molar-refractivity contribution >= 4 is 11.8 Å². The fourth-order valence-corrected chi connectivity index (χ4v) is 6.01. The second-order valence-electron chi connectivity index (χ2n) is 12.3. The van der Waals surface area contributed by atoms with Crippen LogP contribution in [-0.4, -0.2) is 45.3 Å². The Kier molecular flexibility index (Phi) is 11.8. The minimum absolute atomic E-state index is 0.00150.